The first-order valence-electron chi connectivity index (χ1n) is 7.58. The smallest absolute Gasteiger partial charge is 0.0956 e. The molecule has 0 aromatic heterocycles. The van der Waals surface area contributed by atoms with Gasteiger partial charge in [-0.2, -0.15) is 18.6 Å². The fourth-order valence-electron chi connectivity index (χ4n) is 2.49. The minimum atomic E-state index is 0. The molecule has 0 N–H and O–H groups in total. The van der Waals surface area contributed by atoms with Crippen LogP contribution in [0.15, 0.2) is 89.1 Å². The molecule has 4 heteroatoms. The van der Waals surface area contributed by atoms with Crippen molar-refractivity contribution >= 4 is 30.6 Å². The highest BCUT2D eigenvalue weighted by atomic mass is 32.1. The van der Waals surface area contributed by atoms with Gasteiger partial charge in [0.2, 0.25) is 0 Å². The average Bonchev–Trinajstić information content (AvgIpc) is 2.61. The van der Waals surface area contributed by atoms with Crippen LogP contribution >= 0.6 is 13.5 Å². The van der Waals surface area contributed by atoms with Crippen molar-refractivity contribution < 1.29 is 0 Å². The normalized spacial score (nSPS) is 10.4. The maximum absolute atomic E-state index is 4.49. The highest BCUT2D eigenvalue weighted by Gasteiger charge is 2.11. The minimum Gasteiger partial charge on any atom is -0.377 e. The van der Waals surface area contributed by atoms with Gasteiger partial charge in [-0.15, -0.1) is 5.11 Å². The summed E-state index contributed by atoms with van der Waals surface area (Å²) in [6, 6.07) is 26.2. The van der Waals surface area contributed by atoms with E-state index in [9.17, 15) is 0 Å². The summed E-state index contributed by atoms with van der Waals surface area (Å²) >= 11 is 0. The third kappa shape index (κ3) is 4.03. The number of hydrogen-bond donors (Lipinski definition) is 0. The van der Waals surface area contributed by atoms with Gasteiger partial charge in [-0.1, -0.05) is 54.6 Å². The molecule has 0 heterocycles. The van der Waals surface area contributed by atoms with Gasteiger partial charge in [-0.25, -0.2) is 0 Å². The molecule has 0 saturated heterocycles. The molecule has 0 unspecified atom stereocenters. The number of rotatable bonds is 4. The van der Waals surface area contributed by atoms with Gasteiger partial charge < -0.3 is 4.90 Å². The lowest BCUT2D eigenvalue weighted by molar-refractivity contribution is 1.13. The minimum absolute atomic E-state index is 0. The fraction of sp³-hybridized carbons (Fsp3) is 0.100. The van der Waals surface area contributed by atoms with Gasteiger partial charge in [0.1, 0.15) is 0 Å². The molecular weight excluding hydrogens is 314 g/mol. The van der Waals surface area contributed by atoms with E-state index in [-0.39, 0.29) is 13.5 Å². The third-order valence-corrected chi connectivity index (χ3v) is 3.59. The Morgan fingerprint density at radius 2 is 1.29 bits per heavy atom. The van der Waals surface area contributed by atoms with Crippen LogP contribution in [0.4, 0.5) is 17.1 Å². The summed E-state index contributed by atoms with van der Waals surface area (Å²) in [5, 5.41) is 8.86. The van der Waals surface area contributed by atoms with Crippen LogP contribution in [0.3, 0.4) is 0 Å². The Labute approximate surface area is 150 Å². The summed E-state index contributed by atoms with van der Waals surface area (Å²) in [4.78, 5) is 2.10. The first-order chi connectivity index (χ1) is 11.3. The quantitative estimate of drug-likeness (QED) is 0.542. The van der Waals surface area contributed by atoms with Gasteiger partial charge in [0, 0.05) is 25.3 Å². The molecule has 24 heavy (non-hydrogen) atoms. The highest BCUT2D eigenvalue weighted by molar-refractivity contribution is 7.59. The SMILES string of the molecule is CN(C)c1cccc(N=Nc2ccccc2)c1-c1ccccc1.S. The number of benzene rings is 3. The molecule has 122 valence electrons. The van der Waals surface area contributed by atoms with Crippen LogP contribution in [0.5, 0.6) is 0 Å². The van der Waals surface area contributed by atoms with Crippen molar-refractivity contribution in [2.75, 3.05) is 19.0 Å². The molecule has 0 aliphatic heterocycles. The average molecular weight is 335 g/mol. The predicted octanol–water partition coefficient (Wildman–Crippen LogP) is 5.95. The van der Waals surface area contributed by atoms with E-state index >= 15 is 0 Å². The van der Waals surface area contributed by atoms with Crippen molar-refractivity contribution in [3.05, 3.63) is 78.9 Å². The maximum atomic E-state index is 4.49. The van der Waals surface area contributed by atoms with Gasteiger partial charge in [0.25, 0.3) is 0 Å². The van der Waals surface area contributed by atoms with Crippen molar-refractivity contribution in [1.29, 1.82) is 0 Å². The Balaban J connectivity index is 0.00000208. The van der Waals surface area contributed by atoms with Crippen molar-refractivity contribution in [3.63, 3.8) is 0 Å². The number of hydrogen-bond acceptors (Lipinski definition) is 3. The Hall–Kier alpha value is -2.59. The van der Waals surface area contributed by atoms with E-state index in [2.05, 4.69) is 33.3 Å². The molecule has 0 aliphatic rings. The molecule has 0 bridgehead atoms. The number of anilines is 1. The monoisotopic (exact) mass is 335 g/mol. The van der Waals surface area contributed by atoms with E-state index in [4.69, 9.17) is 0 Å². The summed E-state index contributed by atoms with van der Waals surface area (Å²) in [6.45, 7) is 0. The van der Waals surface area contributed by atoms with Crippen LogP contribution in [0.2, 0.25) is 0 Å². The van der Waals surface area contributed by atoms with Crippen molar-refractivity contribution in [2.24, 2.45) is 10.2 Å². The lowest BCUT2D eigenvalue weighted by Gasteiger charge is -2.19. The Morgan fingerprint density at radius 3 is 1.92 bits per heavy atom. The molecule has 0 atom stereocenters. The molecule has 0 fully saturated rings. The standard InChI is InChI=1S/C20H19N3.H2S/c1-23(2)19-15-9-14-18(20(19)16-10-5-3-6-11-16)22-21-17-12-7-4-8-13-17;/h3-15H,1-2H3;1H2. The summed E-state index contributed by atoms with van der Waals surface area (Å²) < 4.78 is 0. The molecule has 3 aromatic carbocycles. The summed E-state index contributed by atoms with van der Waals surface area (Å²) in [6.07, 6.45) is 0. The highest BCUT2D eigenvalue weighted by Crippen LogP contribution is 2.38. The van der Waals surface area contributed by atoms with Crippen LogP contribution in [0, 0.1) is 0 Å². The maximum Gasteiger partial charge on any atom is 0.0956 e. The van der Waals surface area contributed by atoms with Crippen molar-refractivity contribution in [3.8, 4) is 11.1 Å². The lowest BCUT2D eigenvalue weighted by Crippen LogP contribution is -2.09. The number of nitrogens with zero attached hydrogens (tertiary/aromatic N) is 3. The second kappa shape index (κ2) is 8.31. The van der Waals surface area contributed by atoms with Gasteiger partial charge in [0.15, 0.2) is 0 Å². The topological polar surface area (TPSA) is 28.0 Å². The molecule has 0 aliphatic carbocycles. The Bertz CT molecular complexity index is 800. The zero-order valence-electron chi connectivity index (χ0n) is 13.8. The Kier molecular flexibility index (Phi) is 6.15. The molecule has 0 spiro atoms. The lowest BCUT2D eigenvalue weighted by atomic mass is 10.0. The molecule has 3 rings (SSSR count). The molecule has 0 amide bonds. The fourth-order valence-corrected chi connectivity index (χ4v) is 2.49. The largest absolute Gasteiger partial charge is 0.377 e. The van der Waals surface area contributed by atoms with E-state index in [1.165, 1.54) is 0 Å². The van der Waals surface area contributed by atoms with E-state index in [1.807, 2.05) is 74.8 Å². The number of azo groups is 1. The van der Waals surface area contributed by atoms with E-state index in [0.29, 0.717) is 0 Å². The molecule has 3 nitrogen and oxygen atoms in total. The zero-order chi connectivity index (χ0) is 16.1. The van der Waals surface area contributed by atoms with Gasteiger partial charge in [-0.3, -0.25) is 0 Å². The van der Waals surface area contributed by atoms with Gasteiger partial charge >= 0.3 is 0 Å². The third-order valence-electron chi connectivity index (χ3n) is 3.59. The molecule has 3 aromatic rings. The van der Waals surface area contributed by atoms with Crippen LogP contribution in [-0.4, -0.2) is 14.1 Å². The molecular formula is C20H21N3S. The zero-order valence-corrected chi connectivity index (χ0v) is 14.8. The van der Waals surface area contributed by atoms with Gasteiger partial charge in [0.05, 0.1) is 11.4 Å². The van der Waals surface area contributed by atoms with E-state index in [1.54, 1.807) is 0 Å². The summed E-state index contributed by atoms with van der Waals surface area (Å²) in [5.74, 6) is 0. The predicted molar refractivity (Wildman–Crippen MR) is 107 cm³/mol. The van der Waals surface area contributed by atoms with E-state index in [0.717, 1.165) is 28.2 Å². The van der Waals surface area contributed by atoms with Crippen LogP contribution in [0.1, 0.15) is 0 Å². The Morgan fingerprint density at radius 1 is 0.667 bits per heavy atom. The van der Waals surface area contributed by atoms with Crippen LogP contribution in [0.25, 0.3) is 11.1 Å². The molecule has 0 radical (unpaired) electrons. The van der Waals surface area contributed by atoms with Crippen molar-refractivity contribution in [1.82, 2.24) is 0 Å². The van der Waals surface area contributed by atoms with Crippen LogP contribution < -0.4 is 4.90 Å². The summed E-state index contributed by atoms with van der Waals surface area (Å²) in [5.41, 5.74) is 5.07. The van der Waals surface area contributed by atoms with Crippen LogP contribution in [-0.2, 0) is 0 Å². The molecule has 0 saturated carbocycles. The first kappa shape index (κ1) is 17.8. The van der Waals surface area contributed by atoms with Crippen molar-refractivity contribution in [2.45, 2.75) is 0 Å². The second-order valence-corrected chi connectivity index (χ2v) is 5.47. The summed E-state index contributed by atoms with van der Waals surface area (Å²) in [7, 11) is 4.08. The second-order valence-electron chi connectivity index (χ2n) is 5.47. The van der Waals surface area contributed by atoms with E-state index < -0.39 is 0 Å². The van der Waals surface area contributed by atoms with Gasteiger partial charge in [-0.05, 0) is 29.8 Å². The first-order valence-corrected chi connectivity index (χ1v) is 7.58.